The molecular formula is C21H18FNO3. The molecule has 3 rings (SSSR count). The van der Waals surface area contributed by atoms with Crippen LogP contribution in [0.25, 0.3) is 11.1 Å². The molecule has 0 saturated heterocycles. The highest BCUT2D eigenvalue weighted by Crippen LogP contribution is 2.34. The molecule has 0 aliphatic rings. The summed E-state index contributed by atoms with van der Waals surface area (Å²) < 4.78 is 19.0. The molecule has 0 saturated carbocycles. The van der Waals surface area contributed by atoms with Gasteiger partial charge in [-0.05, 0) is 41.0 Å². The van der Waals surface area contributed by atoms with E-state index in [0.717, 1.165) is 5.56 Å². The van der Waals surface area contributed by atoms with E-state index in [4.69, 9.17) is 9.94 Å². The van der Waals surface area contributed by atoms with Gasteiger partial charge in [0.25, 0.3) is 5.91 Å². The van der Waals surface area contributed by atoms with Gasteiger partial charge in [-0.25, -0.2) is 9.87 Å². The van der Waals surface area contributed by atoms with Crippen LogP contribution in [0.3, 0.4) is 0 Å². The van der Waals surface area contributed by atoms with E-state index in [1.54, 1.807) is 29.7 Å². The van der Waals surface area contributed by atoms with Gasteiger partial charge in [-0.1, -0.05) is 48.5 Å². The summed E-state index contributed by atoms with van der Waals surface area (Å²) in [5, 5.41) is 9.16. The molecule has 3 aromatic carbocycles. The smallest absolute Gasteiger partial charge is 0.255 e. The van der Waals surface area contributed by atoms with E-state index in [2.05, 4.69) is 0 Å². The van der Waals surface area contributed by atoms with Crippen molar-refractivity contribution < 1.29 is 19.1 Å². The molecule has 5 heteroatoms. The molecule has 0 aromatic heterocycles. The Morgan fingerprint density at radius 2 is 1.73 bits per heavy atom. The second kappa shape index (κ2) is 7.80. The number of rotatable bonds is 5. The van der Waals surface area contributed by atoms with Crippen molar-refractivity contribution in [2.75, 3.05) is 7.11 Å². The number of halogens is 1. The highest BCUT2D eigenvalue weighted by Gasteiger charge is 2.23. The number of carbonyl (C=O) groups is 1. The number of benzene rings is 3. The minimum Gasteiger partial charge on any atom is -0.496 e. The van der Waals surface area contributed by atoms with Gasteiger partial charge in [-0.2, -0.15) is 0 Å². The summed E-state index contributed by atoms with van der Waals surface area (Å²) >= 11 is 0. The minimum atomic E-state index is -0.694. The fraction of sp³-hybridized carbons (Fsp3) is 0.0952. The maximum Gasteiger partial charge on any atom is 0.255 e. The van der Waals surface area contributed by atoms with Gasteiger partial charge < -0.3 is 4.74 Å². The van der Waals surface area contributed by atoms with Crippen molar-refractivity contribution in [2.24, 2.45) is 0 Å². The summed E-state index contributed by atoms with van der Waals surface area (Å²) in [6.45, 7) is 0. The largest absolute Gasteiger partial charge is 0.496 e. The summed E-state index contributed by atoms with van der Waals surface area (Å²) in [7, 11) is 1.52. The molecule has 0 bridgehead atoms. The van der Waals surface area contributed by atoms with Gasteiger partial charge in [-0.15, -0.1) is 0 Å². The normalized spacial score (nSPS) is 11.7. The molecule has 0 radical (unpaired) electrons. The van der Waals surface area contributed by atoms with Gasteiger partial charge in [0.05, 0.1) is 13.0 Å². The second-order valence-electron chi connectivity index (χ2n) is 5.79. The summed E-state index contributed by atoms with van der Waals surface area (Å²) in [6, 6.07) is 20.6. The molecule has 0 spiro atoms. The van der Waals surface area contributed by atoms with Crippen molar-refractivity contribution >= 4 is 5.91 Å². The van der Waals surface area contributed by atoms with Crippen molar-refractivity contribution in [2.45, 2.75) is 5.92 Å². The van der Waals surface area contributed by atoms with Crippen molar-refractivity contribution in [3.8, 4) is 16.9 Å². The number of amides is 1. The lowest BCUT2D eigenvalue weighted by molar-refractivity contribution is -0.129. The molecule has 1 atom stereocenters. The summed E-state index contributed by atoms with van der Waals surface area (Å²) in [5.74, 6) is -1.08. The first-order valence-electron chi connectivity index (χ1n) is 8.07. The predicted octanol–water partition coefficient (Wildman–Crippen LogP) is 4.14. The fourth-order valence-corrected chi connectivity index (χ4v) is 3.00. The van der Waals surface area contributed by atoms with Crippen LogP contribution in [0.5, 0.6) is 5.75 Å². The summed E-state index contributed by atoms with van der Waals surface area (Å²) in [5.41, 5.74) is 4.44. The molecule has 132 valence electrons. The quantitative estimate of drug-likeness (QED) is 0.537. The zero-order valence-corrected chi connectivity index (χ0v) is 14.1. The molecular weight excluding hydrogens is 333 g/mol. The first-order chi connectivity index (χ1) is 12.6. The lowest BCUT2D eigenvalue weighted by Crippen LogP contribution is -2.27. The van der Waals surface area contributed by atoms with Gasteiger partial charge in [0.1, 0.15) is 11.6 Å². The lowest BCUT2D eigenvalue weighted by Gasteiger charge is -2.17. The van der Waals surface area contributed by atoms with Crippen LogP contribution in [-0.4, -0.2) is 18.2 Å². The zero-order valence-electron chi connectivity index (χ0n) is 14.1. The van der Waals surface area contributed by atoms with E-state index in [1.165, 1.54) is 19.2 Å². The Morgan fingerprint density at radius 3 is 2.42 bits per heavy atom. The summed E-state index contributed by atoms with van der Waals surface area (Å²) in [4.78, 5) is 12.3. The average molecular weight is 351 g/mol. The van der Waals surface area contributed by atoms with Crippen LogP contribution < -0.4 is 10.2 Å². The number of nitrogens with one attached hydrogen (secondary N) is 1. The van der Waals surface area contributed by atoms with Crippen molar-refractivity contribution in [3.63, 3.8) is 0 Å². The highest BCUT2D eigenvalue weighted by molar-refractivity contribution is 5.87. The van der Waals surface area contributed by atoms with E-state index >= 15 is 0 Å². The topological polar surface area (TPSA) is 58.6 Å². The minimum absolute atomic E-state index is 0.376. The van der Waals surface area contributed by atoms with Crippen LogP contribution in [0.1, 0.15) is 17.0 Å². The van der Waals surface area contributed by atoms with Crippen LogP contribution in [0.15, 0.2) is 72.8 Å². The number of hydrogen-bond donors (Lipinski definition) is 2. The van der Waals surface area contributed by atoms with Gasteiger partial charge in [0, 0.05) is 5.56 Å². The molecule has 4 nitrogen and oxygen atoms in total. The number of methoxy groups -OCH3 is 1. The third kappa shape index (κ3) is 3.58. The van der Waals surface area contributed by atoms with E-state index in [9.17, 15) is 9.18 Å². The van der Waals surface area contributed by atoms with Crippen molar-refractivity contribution in [3.05, 3.63) is 89.7 Å². The van der Waals surface area contributed by atoms with Gasteiger partial charge >= 0.3 is 0 Å². The van der Waals surface area contributed by atoms with E-state index in [0.29, 0.717) is 22.4 Å². The Kier molecular flexibility index (Phi) is 5.29. The van der Waals surface area contributed by atoms with Crippen LogP contribution in [-0.2, 0) is 4.79 Å². The van der Waals surface area contributed by atoms with E-state index in [1.807, 2.05) is 36.4 Å². The predicted molar refractivity (Wildman–Crippen MR) is 96.6 cm³/mol. The van der Waals surface area contributed by atoms with Gasteiger partial charge in [-0.3, -0.25) is 10.0 Å². The first-order valence-corrected chi connectivity index (χ1v) is 8.07. The fourth-order valence-electron chi connectivity index (χ4n) is 3.00. The molecule has 0 fully saturated rings. The third-order valence-corrected chi connectivity index (χ3v) is 4.20. The SMILES string of the molecule is COc1ccc(F)cc1-c1cccc(C(C(=O)NO)c2ccccc2)c1. The Bertz CT molecular complexity index is 912. The zero-order chi connectivity index (χ0) is 18.5. The molecule has 2 N–H and O–H groups in total. The third-order valence-electron chi connectivity index (χ3n) is 4.20. The molecule has 3 aromatic rings. The number of carbonyl (C=O) groups excluding carboxylic acids is 1. The monoisotopic (exact) mass is 351 g/mol. The van der Waals surface area contributed by atoms with Crippen LogP contribution in [0.2, 0.25) is 0 Å². The highest BCUT2D eigenvalue weighted by atomic mass is 19.1. The van der Waals surface area contributed by atoms with Crippen LogP contribution in [0.4, 0.5) is 4.39 Å². The van der Waals surface area contributed by atoms with Crippen molar-refractivity contribution in [1.82, 2.24) is 5.48 Å². The van der Waals surface area contributed by atoms with Crippen molar-refractivity contribution in [1.29, 1.82) is 0 Å². The molecule has 0 aliphatic carbocycles. The van der Waals surface area contributed by atoms with Gasteiger partial charge in [0.2, 0.25) is 0 Å². The second-order valence-corrected chi connectivity index (χ2v) is 5.79. The molecule has 26 heavy (non-hydrogen) atoms. The Hall–Kier alpha value is -3.18. The Labute approximate surface area is 150 Å². The van der Waals surface area contributed by atoms with Crippen LogP contribution in [0, 0.1) is 5.82 Å². The lowest BCUT2D eigenvalue weighted by atomic mass is 9.88. The van der Waals surface area contributed by atoms with E-state index < -0.39 is 11.8 Å². The summed E-state index contributed by atoms with van der Waals surface area (Å²) in [6.07, 6.45) is 0. The standard InChI is InChI=1S/C21H18FNO3/c1-26-19-11-10-17(22)13-18(19)15-8-5-9-16(12-15)20(21(24)23-25)14-6-3-2-4-7-14/h2-13,20,25H,1H3,(H,23,24). The van der Waals surface area contributed by atoms with Gasteiger partial charge in [0.15, 0.2) is 0 Å². The average Bonchev–Trinajstić information content (AvgIpc) is 2.69. The Morgan fingerprint density at radius 1 is 1.00 bits per heavy atom. The number of ether oxygens (including phenoxy) is 1. The maximum atomic E-state index is 13.7. The van der Waals surface area contributed by atoms with Crippen LogP contribution >= 0.6 is 0 Å². The number of hydrogen-bond acceptors (Lipinski definition) is 3. The molecule has 0 heterocycles. The molecule has 0 aliphatic heterocycles. The Balaban J connectivity index is 2.11. The van der Waals surface area contributed by atoms with E-state index in [-0.39, 0.29) is 5.82 Å². The molecule has 1 amide bonds. The first kappa shape index (κ1) is 17.6. The molecule has 1 unspecified atom stereocenters. The maximum absolute atomic E-state index is 13.7. The number of hydroxylamine groups is 1.